The minimum atomic E-state index is 0.252. The van der Waals surface area contributed by atoms with Crippen LogP contribution in [-0.2, 0) is 16.1 Å². The summed E-state index contributed by atoms with van der Waals surface area (Å²) in [5.41, 5.74) is 0. The van der Waals surface area contributed by atoms with Crippen LogP contribution in [0, 0.1) is 0 Å². The molecule has 0 aromatic carbocycles. The number of morpholine rings is 1. The minimum Gasteiger partial charge on any atom is -0.379 e. The molecule has 26 heavy (non-hydrogen) atoms. The Balaban J connectivity index is 1.54. The normalized spacial score (nSPS) is 22.1. The van der Waals surface area contributed by atoms with E-state index in [9.17, 15) is 4.79 Å². The van der Waals surface area contributed by atoms with E-state index in [0.29, 0.717) is 12.5 Å². The smallest absolute Gasteiger partial charge is 0.236 e. The fourth-order valence-corrected chi connectivity index (χ4v) is 3.89. The van der Waals surface area contributed by atoms with Crippen LogP contribution in [0.5, 0.6) is 0 Å². The Morgan fingerprint density at radius 3 is 2.88 bits per heavy atom. The van der Waals surface area contributed by atoms with Crippen molar-refractivity contribution in [3.05, 3.63) is 18.2 Å². The second-order valence-electron chi connectivity index (χ2n) is 7.70. The van der Waals surface area contributed by atoms with Gasteiger partial charge in [0.15, 0.2) is 0 Å². The number of carbonyl (C=O) groups is 1. The maximum absolute atomic E-state index is 12.7. The van der Waals surface area contributed by atoms with Crippen molar-refractivity contribution in [2.24, 2.45) is 0 Å². The fourth-order valence-electron chi connectivity index (χ4n) is 3.89. The van der Waals surface area contributed by atoms with Crippen LogP contribution >= 0.6 is 0 Å². The molecule has 0 N–H and O–H groups in total. The van der Waals surface area contributed by atoms with E-state index in [1.54, 1.807) is 0 Å². The Morgan fingerprint density at radius 2 is 2.12 bits per heavy atom. The second-order valence-corrected chi connectivity index (χ2v) is 7.70. The van der Waals surface area contributed by atoms with Gasteiger partial charge in [0.05, 0.1) is 19.8 Å². The van der Waals surface area contributed by atoms with Crippen molar-refractivity contribution in [3.63, 3.8) is 0 Å². The third-order valence-electron chi connectivity index (χ3n) is 5.35. The van der Waals surface area contributed by atoms with Crippen LogP contribution < -0.4 is 0 Å². The van der Waals surface area contributed by atoms with Crippen LogP contribution in [0.4, 0.5) is 0 Å². The van der Waals surface area contributed by atoms with Gasteiger partial charge in [0, 0.05) is 51.0 Å². The van der Waals surface area contributed by atoms with E-state index in [0.717, 1.165) is 77.6 Å². The summed E-state index contributed by atoms with van der Waals surface area (Å²) in [5, 5.41) is 0. The Kier molecular flexibility index (Phi) is 7.05. The van der Waals surface area contributed by atoms with E-state index in [1.165, 1.54) is 0 Å². The lowest BCUT2D eigenvalue weighted by Crippen LogP contribution is -2.47. The Morgan fingerprint density at radius 1 is 1.31 bits per heavy atom. The number of imidazole rings is 1. The Labute approximate surface area is 156 Å². The lowest BCUT2D eigenvalue weighted by molar-refractivity contribution is -0.134. The molecule has 0 aliphatic carbocycles. The van der Waals surface area contributed by atoms with E-state index < -0.39 is 0 Å². The first kappa shape index (κ1) is 19.3. The molecule has 1 amide bonds. The molecular weight excluding hydrogens is 330 g/mol. The standard InChI is InChI=1S/C19H33N5O2/c1-21(2)7-4-9-23-10-6-20-19(23)17-5-3-8-24(15-17)18(25)16-22-11-13-26-14-12-22/h6,10,17H,3-5,7-9,11-16H2,1-2H3. The Hall–Kier alpha value is -1.44. The molecule has 2 aliphatic rings. The minimum absolute atomic E-state index is 0.252. The molecule has 1 aromatic heterocycles. The molecule has 2 saturated heterocycles. The summed E-state index contributed by atoms with van der Waals surface area (Å²) in [7, 11) is 4.21. The predicted octanol–water partition coefficient (Wildman–Crippen LogP) is 0.873. The molecule has 1 aromatic rings. The number of hydrogen-bond acceptors (Lipinski definition) is 5. The summed E-state index contributed by atoms with van der Waals surface area (Å²) < 4.78 is 7.65. The molecule has 3 rings (SSSR count). The van der Waals surface area contributed by atoms with Crippen LogP contribution in [0.1, 0.15) is 31.0 Å². The van der Waals surface area contributed by atoms with Crippen LogP contribution in [0.2, 0.25) is 0 Å². The van der Waals surface area contributed by atoms with Gasteiger partial charge < -0.3 is 19.1 Å². The molecule has 0 bridgehead atoms. The first-order valence-electron chi connectivity index (χ1n) is 9.87. The second kappa shape index (κ2) is 9.48. The molecule has 1 unspecified atom stereocenters. The fraction of sp³-hybridized carbons (Fsp3) is 0.789. The number of nitrogens with zero attached hydrogens (tertiary/aromatic N) is 5. The van der Waals surface area contributed by atoms with Crippen LogP contribution in [-0.4, -0.2) is 96.7 Å². The van der Waals surface area contributed by atoms with Gasteiger partial charge in [-0.2, -0.15) is 0 Å². The van der Waals surface area contributed by atoms with Gasteiger partial charge in [-0.25, -0.2) is 4.98 Å². The van der Waals surface area contributed by atoms with E-state index in [2.05, 4.69) is 39.6 Å². The Bertz CT molecular complexity index is 568. The maximum atomic E-state index is 12.7. The first-order chi connectivity index (χ1) is 12.6. The summed E-state index contributed by atoms with van der Waals surface area (Å²) in [6, 6.07) is 0. The topological polar surface area (TPSA) is 53.8 Å². The number of rotatable bonds is 7. The molecular formula is C19H33N5O2. The van der Waals surface area contributed by atoms with Gasteiger partial charge in [-0.3, -0.25) is 9.69 Å². The van der Waals surface area contributed by atoms with Gasteiger partial charge >= 0.3 is 0 Å². The van der Waals surface area contributed by atoms with Crippen LogP contribution in [0.25, 0.3) is 0 Å². The monoisotopic (exact) mass is 363 g/mol. The molecule has 0 spiro atoms. The van der Waals surface area contributed by atoms with Crippen molar-refractivity contribution in [3.8, 4) is 0 Å². The largest absolute Gasteiger partial charge is 0.379 e. The average molecular weight is 364 g/mol. The summed E-state index contributed by atoms with van der Waals surface area (Å²) in [5.74, 6) is 1.75. The zero-order chi connectivity index (χ0) is 18.4. The van der Waals surface area contributed by atoms with Gasteiger partial charge in [0.25, 0.3) is 0 Å². The average Bonchev–Trinajstić information content (AvgIpc) is 3.11. The number of ether oxygens (including phenoxy) is 1. The number of amides is 1. The first-order valence-corrected chi connectivity index (χ1v) is 9.87. The molecule has 2 fully saturated rings. The highest BCUT2D eigenvalue weighted by atomic mass is 16.5. The summed E-state index contributed by atoms with van der Waals surface area (Å²) in [6.07, 6.45) is 7.28. The van der Waals surface area contributed by atoms with E-state index >= 15 is 0 Å². The quantitative estimate of drug-likeness (QED) is 0.720. The van der Waals surface area contributed by atoms with Crippen LogP contribution in [0.15, 0.2) is 12.4 Å². The van der Waals surface area contributed by atoms with Gasteiger partial charge in [-0.15, -0.1) is 0 Å². The van der Waals surface area contributed by atoms with Crippen molar-refractivity contribution < 1.29 is 9.53 Å². The molecule has 0 radical (unpaired) electrons. The number of hydrogen-bond donors (Lipinski definition) is 0. The zero-order valence-electron chi connectivity index (χ0n) is 16.3. The SMILES string of the molecule is CN(C)CCCn1ccnc1C1CCCN(C(=O)CN2CCOCC2)C1. The van der Waals surface area contributed by atoms with Gasteiger partial charge in [0.2, 0.25) is 5.91 Å². The molecule has 3 heterocycles. The van der Waals surface area contributed by atoms with Crippen molar-refractivity contribution in [2.45, 2.75) is 31.7 Å². The van der Waals surface area contributed by atoms with Gasteiger partial charge in [-0.05, 0) is 39.9 Å². The number of aromatic nitrogens is 2. The highest BCUT2D eigenvalue weighted by Gasteiger charge is 2.28. The molecule has 7 heteroatoms. The highest BCUT2D eigenvalue weighted by molar-refractivity contribution is 5.78. The van der Waals surface area contributed by atoms with Gasteiger partial charge in [-0.1, -0.05) is 0 Å². The number of likely N-dealkylation sites (tertiary alicyclic amines) is 1. The van der Waals surface area contributed by atoms with E-state index in [1.807, 2.05) is 11.1 Å². The van der Waals surface area contributed by atoms with E-state index in [4.69, 9.17) is 4.74 Å². The summed E-state index contributed by atoms with van der Waals surface area (Å²) in [6.45, 7) is 7.46. The molecule has 7 nitrogen and oxygen atoms in total. The molecule has 2 aliphatic heterocycles. The highest BCUT2D eigenvalue weighted by Crippen LogP contribution is 2.26. The van der Waals surface area contributed by atoms with Crippen molar-refractivity contribution in [1.29, 1.82) is 0 Å². The van der Waals surface area contributed by atoms with Crippen LogP contribution in [0.3, 0.4) is 0 Å². The zero-order valence-corrected chi connectivity index (χ0v) is 16.3. The van der Waals surface area contributed by atoms with Crippen molar-refractivity contribution >= 4 is 5.91 Å². The molecule has 0 saturated carbocycles. The van der Waals surface area contributed by atoms with Gasteiger partial charge in [0.1, 0.15) is 5.82 Å². The van der Waals surface area contributed by atoms with Crippen molar-refractivity contribution in [1.82, 2.24) is 24.3 Å². The van der Waals surface area contributed by atoms with Crippen molar-refractivity contribution in [2.75, 3.05) is 66.6 Å². The summed E-state index contributed by atoms with van der Waals surface area (Å²) in [4.78, 5) is 23.8. The number of piperidine rings is 1. The molecule has 1 atom stereocenters. The lowest BCUT2D eigenvalue weighted by atomic mass is 9.97. The molecule has 146 valence electrons. The summed E-state index contributed by atoms with van der Waals surface area (Å²) >= 11 is 0. The number of carbonyl (C=O) groups excluding carboxylic acids is 1. The lowest BCUT2D eigenvalue weighted by Gasteiger charge is -2.35. The third-order valence-corrected chi connectivity index (χ3v) is 5.35. The maximum Gasteiger partial charge on any atom is 0.236 e. The number of aryl methyl sites for hydroxylation is 1. The third kappa shape index (κ3) is 5.28. The van der Waals surface area contributed by atoms with E-state index in [-0.39, 0.29) is 5.91 Å². The predicted molar refractivity (Wildman–Crippen MR) is 101 cm³/mol.